The SMILES string of the molecule is COc1c(F)cc(CN=C=O)c(C)c1OC. The summed E-state index contributed by atoms with van der Waals surface area (Å²) in [6.07, 6.45) is 1.41. The number of carbonyl (C=O) groups excluding carboxylic acids is 1. The van der Waals surface area contributed by atoms with Gasteiger partial charge in [-0.25, -0.2) is 14.2 Å². The number of isocyanates is 1. The van der Waals surface area contributed by atoms with Gasteiger partial charge in [-0.1, -0.05) is 0 Å². The van der Waals surface area contributed by atoms with E-state index in [9.17, 15) is 9.18 Å². The van der Waals surface area contributed by atoms with Crippen LogP contribution in [0, 0.1) is 12.7 Å². The smallest absolute Gasteiger partial charge is 0.235 e. The van der Waals surface area contributed by atoms with E-state index in [1.54, 1.807) is 6.92 Å². The van der Waals surface area contributed by atoms with Crippen LogP contribution >= 0.6 is 0 Å². The average Bonchev–Trinajstić information content (AvgIpc) is 2.29. The highest BCUT2D eigenvalue weighted by atomic mass is 19.1. The van der Waals surface area contributed by atoms with Gasteiger partial charge >= 0.3 is 0 Å². The summed E-state index contributed by atoms with van der Waals surface area (Å²) in [5.74, 6) is -0.168. The van der Waals surface area contributed by atoms with Crippen molar-refractivity contribution in [3.8, 4) is 11.5 Å². The summed E-state index contributed by atoms with van der Waals surface area (Å²) in [6.45, 7) is 1.82. The van der Waals surface area contributed by atoms with Gasteiger partial charge in [0.25, 0.3) is 0 Å². The standard InChI is InChI=1S/C11H12FNO3/c1-7-8(5-13-6-14)4-9(12)11(16-3)10(7)15-2/h4H,5H2,1-3H3. The van der Waals surface area contributed by atoms with Gasteiger partial charge in [0.05, 0.1) is 20.8 Å². The molecule has 0 saturated carbocycles. The Morgan fingerprint density at radius 1 is 1.38 bits per heavy atom. The van der Waals surface area contributed by atoms with E-state index in [0.29, 0.717) is 16.9 Å². The van der Waals surface area contributed by atoms with Crippen molar-refractivity contribution in [1.82, 2.24) is 0 Å². The van der Waals surface area contributed by atoms with E-state index in [0.717, 1.165) is 0 Å². The summed E-state index contributed by atoms with van der Waals surface area (Å²) in [6, 6.07) is 1.28. The normalized spacial score (nSPS) is 9.50. The average molecular weight is 225 g/mol. The van der Waals surface area contributed by atoms with Crippen LogP contribution in [0.5, 0.6) is 11.5 Å². The minimum absolute atomic E-state index is 0.0545. The lowest BCUT2D eigenvalue weighted by Crippen LogP contribution is -2.00. The van der Waals surface area contributed by atoms with Crippen molar-refractivity contribution in [3.05, 3.63) is 23.0 Å². The van der Waals surface area contributed by atoms with Crippen molar-refractivity contribution in [1.29, 1.82) is 0 Å². The largest absolute Gasteiger partial charge is 0.492 e. The number of ether oxygens (including phenoxy) is 2. The third kappa shape index (κ3) is 2.20. The van der Waals surface area contributed by atoms with Crippen molar-refractivity contribution in [3.63, 3.8) is 0 Å². The molecule has 0 fully saturated rings. The third-order valence-corrected chi connectivity index (χ3v) is 2.27. The molecule has 0 aliphatic heterocycles. The Bertz CT molecular complexity index is 439. The van der Waals surface area contributed by atoms with E-state index >= 15 is 0 Å². The fraction of sp³-hybridized carbons (Fsp3) is 0.364. The topological polar surface area (TPSA) is 47.9 Å². The van der Waals surface area contributed by atoms with Gasteiger partial charge in [0.2, 0.25) is 6.08 Å². The molecule has 0 aromatic heterocycles. The van der Waals surface area contributed by atoms with Crippen LogP contribution in [0.15, 0.2) is 11.1 Å². The van der Waals surface area contributed by atoms with Crippen molar-refractivity contribution < 1.29 is 18.7 Å². The Balaban J connectivity index is 3.33. The van der Waals surface area contributed by atoms with Crippen LogP contribution in [0.3, 0.4) is 0 Å². The highest BCUT2D eigenvalue weighted by Gasteiger charge is 2.16. The molecule has 16 heavy (non-hydrogen) atoms. The van der Waals surface area contributed by atoms with E-state index in [1.807, 2.05) is 0 Å². The maximum Gasteiger partial charge on any atom is 0.235 e. The first-order valence-electron chi connectivity index (χ1n) is 4.59. The van der Waals surface area contributed by atoms with Gasteiger partial charge in [-0.2, -0.15) is 0 Å². The summed E-state index contributed by atoms with van der Waals surface area (Å²) in [7, 11) is 2.79. The third-order valence-electron chi connectivity index (χ3n) is 2.27. The fourth-order valence-corrected chi connectivity index (χ4v) is 1.47. The van der Waals surface area contributed by atoms with Gasteiger partial charge in [-0.3, -0.25) is 0 Å². The van der Waals surface area contributed by atoms with E-state index in [4.69, 9.17) is 9.47 Å². The first-order chi connectivity index (χ1) is 7.65. The number of rotatable bonds is 4. The number of aliphatic imine (C=N–C) groups is 1. The Morgan fingerprint density at radius 2 is 2.00 bits per heavy atom. The molecule has 0 aliphatic carbocycles. The molecular weight excluding hydrogens is 213 g/mol. The zero-order valence-electron chi connectivity index (χ0n) is 9.33. The number of nitrogens with zero attached hydrogens (tertiary/aromatic N) is 1. The molecule has 0 spiro atoms. The van der Waals surface area contributed by atoms with Crippen LogP contribution in [-0.2, 0) is 11.3 Å². The molecule has 1 aromatic rings. The molecular formula is C11H12FNO3. The van der Waals surface area contributed by atoms with Gasteiger partial charge in [0, 0.05) is 5.56 Å². The lowest BCUT2D eigenvalue weighted by atomic mass is 10.1. The monoisotopic (exact) mass is 225 g/mol. The summed E-state index contributed by atoms with van der Waals surface area (Å²) in [5.41, 5.74) is 1.26. The van der Waals surface area contributed by atoms with Crippen molar-refractivity contribution in [2.75, 3.05) is 14.2 Å². The molecule has 0 saturated heterocycles. The minimum Gasteiger partial charge on any atom is -0.492 e. The molecule has 5 heteroatoms. The summed E-state index contributed by atoms with van der Waals surface area (Å²) in [4.78, 5) is 13.4. The maximum absolute atomic E-state index is 13.6. The molecule has 4 nitrogen and oxygen atoms in total. The molecule has 0 bridgehead atoms. The van der Waals surface area contributed by atoms with E-state index in [2.05, 4.69) is 4.99 Å². The van der Waals surface area contributed by atoms with Crippen molar-refractivity contribution in [2.24, 2.45) is 4.99 Å². The Labute approximate surface area is 92.7 Å². The minimum atomic E-state index is -0.541. The Morgan fingerprint density at radius 3 is 2.50 bits per heavy atom. The molecule has 86 valence electrons. The summed E-state index contributed by atoms with van der Waals surface area (Å²) in [5, 5.41) is 0. The zero-order chi connectivity index (χ0) is 12.1. The van der Waals surface area contributed by atoms with Gasteiger partial charge in [-0.05, 0) is 18.6 Å². The predicted octanol–water partition coefficient (Wildman–Crippen LogP) is 1.99. The van der Waals surface area contributed by atoms with Gasteiger partial charge in [-0.15, -0.1) is 0 Å². The fourth-order valence-electron chi connectivity index (χ4n) is 1.47. The Kier molecular flexibility index (Phi) is 4.03. The summed E-state index contributed by atoms with van der Waals surface area (Å²) >= 11 is 0. The molecule has 0 aliphatic rings. The van der Waals surface area contributed by atoms with E-state index < -0.39 is 5.82 Å². The Hall–Kier alpha value is -1.87. The lowest BCUT2D eigenvalue weighted by molar-refractivity contribution is 0.335. The van der Waals surface area contributed by atoms with Crippen LogP contribution in [0.25, 0.3) is 0 Å². The highest BCUT2D eigenvalue weighted by molar-refractivity contribution is 5.51. The molecule has 0 atom stereocenters. The molecule has 0 heterocycles. The molecule has 0 N–H and O–H groups in total. The second-order valence-electron chi connectivity index (χ2n) is 3.12. The first-order valence-corrected chi connectivity index (χ1v) is 4.59. The second-order valence-corrected chi connectivity index (χ2v) is 3.12. The van der Waals surface area contributed by atoms with Crippen LogP contribution in [0.2, 0.25) is 0 Å². The highest BCUT2D eigenvalue weighted by Crippen LogP contribution is 2.35. The second kappa shape index (κ2) is 5.28. The molecule has 1 rings (SSSR count). The van der Waals surface area contributed by atoms with Gasteiger partial charge < -0.3 is 9.47 Å². The van der Waals surface area contributed by atoms with Crippen molar-refractivity contribution in [2.45, 2.75) is 13.5 Å². The lowest BCUT2D eigenvalue weighted by Gasteiger charge is -2.13. The predicted molar refractivity (Wildman–Crippen MR) is 56.1 cm³/mol. The molecule has 0 radical (unpaired) electrons. The number of benzene rings is 1. The molecule has 1 aromatic carbocycles. The molecule has 0 amide bonds. The zero-order valence-corrected chi connectivity index (χ0v) is 9.33. The van der Waals surface area contributed by atoms with Crippen LogP contribution < -0.4 is 9.47 Å². The number of hydrogen-bond acceptors (Lipinski definition) is 4. The van der Waals surface area contributed by atoms with Gasteiger partial charge in [0.15, 0.2) is 17.3 Å². The maximum atomic E-state index is 13.6. The van der Waals surface area contributed by atoms with E-state index in [1.165, 1.54) is 26.4 Å². The molecule has 0 unspecified atom stereocenters. The number of methoxy groups -OCH3 is 2. The summed E-state index contributed by atoms with van der Waals surface area (Å²) < 4.78 is 23.5. The van der Waals surface area contributed by atoms with Crippen LogP contribution in [0.1, 0.15) is 11.1 Å². The first kappa shape index (κ1) is 12.2. The number of hydrogen-bond donors (Lipinski definition) is 0. The quantitative estimate of drug-likeness (QED) is 0.581. The van der Waals surface area contributed by atoms with Crippen LogP contribution in [-0.4, -0.2) is 20.3 Å². The van der Waals surface area contributed by atoms with Crippen LogP contribution in [0.4, 0.5) is 4.39 Å². The number of halogens is 1. The van der Waals surface area contributed by atoms with E-state index in [-0.39, 0.29) is 12.3 Å². The van der Waals surface area contributed by atoms with Gasteiger partial charge in [0.1, 0.15) is 0 Å². The van der Waals surface area contributed by atoms with Crippen molar-refractivity contribution >= 4 is 6.08 Å².